The second-order valence-electron chi connectivity index (χ2n) is 6.48. The molecule has 8 heteroatoms. The number of hydrogen-bond acceptors (Lipinski definition) is 4. The molecular weight excluding hydrogens is 388 g/mol. The van der Waals surface area contributed by atoms with E-state index in [9.17, 15) is 13.2 Å². The number of rotatable bonds is 8. The molecule has 0 bridgehead atoms. The highest BCUT2D eigenvalue weighted by molar-refractivity contribution is 7.89. The van der Waals surface area contributed by atoms with Crippen LogP contribution in [0.1, 0.15) is 24.0 Å². The molecule has 1 fully saturated rings. The fourth-order valence-corrected chi connectivity index (χ4v) is 4.06. The topological polar surface area (TPSA) is 84.5 Å². The van der Waals surface area contributed by atoms with Crippen molar-refractivity contribution in [2.75, 3.05) is 6.61 Å². The van der Waals surface area contributed by atoms with E-state index in [4.69, 9.17) is 16.3 Å². The van der Waals surface area contributed by atoms with E-state index >= 15 is 0 Å². The number of sulfonamides is 1. The van der Waals surface area contributed by atoms with E-state index in [2.05, 4.69) is 10.0 Å². The van der Waals surface area contributed by atoms with Crippen LogP contribution in [0, 0.1) is 6.92 Å². The second-order valence-corrected chi connectivity index (χ2v) is 8.60. The maximum absolute atomic E-state index is 12.2. The number of nitrogens with one attached hydrogen (secondary N) is 2. The van der Waals surface area contributed by atoms with E-state index < -0.39 is 10.0 Å². The van der Waals surface area contributed by atoms with Crippen molar-refractivity contribution < 1.29 is 17.9 Å². The van der Waals surface area contributed by atoms with Crippen molar-refractivity contribution >= 4 is 27.5 Å². The summed E-state index contributed by atoms with van der Waals surface area (Å²) in [4.78, 5) is 12.2. The Balaban J connectivity index is 1.54. The maximum Gasteiger partial charge on any atom is 0.258 e. The second kappa shape index (κ2) is 8.29. The molecule has 0 radical (unpaired) electrons. The molecule has 2 aromatic rings. The summed E-state index contributed by atoms with van der Waals surface area (Å²) in [5.41, 5.74) is 1.47. The normalized spacial score (nSPS) is 14.0. The van der Waals surface area contributed by atoms with E-state index in [1.165, 1.54) is 6.07 Å². The van der Waals surface area contributed by atoms with Crippen molar-refractivity contribution in [3.63, 3.8) is 0 Å². The average Bonchev–Trinajstić information content (AvgIpc) is 3.43. The third kappa shape index (κ3) is 5.45. The minimum Gasteiger partial charge on any atom is -0.484 e. The average molecular weight is 409 g/mol. The largest absolute Gasteiger partial charge is 0.484 e. The molecule has 6 nitrogen and oxygen atoms in total. The Kier molecular flexibility index (Phi) is 6.04. The molecule has 2 N–H and O–H groups in total. The van der Waals surface area contributed by atoms with Crippen LogP contribution in [0.5, 0.6) is 5.75 Å². The van der Waals surface area contributed by atoms with Gasteiger partial charge in [0.1, 0.15) is 5.75 Å². The molecule has 0 aromatic heterocycles. The highest BCUT2D eigenvalue weighted by atomic mass is 35.5. The van der Waals surface area contributed by atoms with E-state index in [1.54, 1.807) is 25.1 Å². The minimum atomic E-state index is -3.51. The zero-order valence-corrected chi connectivity index (χ0v) is 16.4. The van der Waals surface area contributed by atoms with Crippen LogP contribution >= 0.6 is 11.6 Å². The third-order valence-electron chi connectivity index (χ3n) is 4.15. The molecule has 0 saturated heterocycles. The predicted octanol–water partition coefficient (Wildman–Crippen LogP) is 2.78. The summed E-state index contributed by atoms with van der Waals surface area (Å²) in [6.45, 7) is 1.88. The van der Waals surface area contributed by atoms with E-state index in [1.807, 2.05) is 18.2 Å². The van der Waals surface area contributed by atoms with Gasteiger partial charge in [0.15, 0.2) is 6.61 Å². The van der Waals surface area contributed by atoms with Crippen molar-refractivity contribution in [2.24, 2.45) is 0 Å². The number of carbonyl (C=O) groups excluding carboxylic acids is 1. The van der Waals surface area contributed by atoms with Crippen molar-refractivity contribution in [1.29, 1.82) is 0 Å². The van der Waals surface area contributed by atoms with Crippen LogP contribution in [0.2, 0.25) is 5.02 Å². The fourth-order valence-electron chi connectivity index (χ4n) is 2.47. The van der Waals surface area contributed by atoms with Gasteiger partial charge in [-0.15, -0.1) is 0 Å². The van der Waals surface area contributed by atoms with Crippen molar-refractivity contribution in [3.8, 4) is 5.75 Å². The van der Waals surface area contributed by atoms with E-state index in [0.717, 1.165) is 18.4 Å². The maximum atomic E-state index is 12.2. The van der Waals surface area contributed by atoms with Crippen LogP contribution in [0.25, 0.3) is 0 Å². The van der Waals surface area contributed by atoms with Gasteiger partial charge in [0.05, 0.1) is 4.90 Å². The van der Waals surface area contributed by atoms with Crippen LogP contribution < -0.4 is 14.8 Å². The lowest BCUT2D eigenvalue weighted by Crippen LogP contribution is -2.28. The summed E-state index contributed by atoms with van der Waals surface area (Å²) in [6, 6.07) is 11.9. The van der Waals surface area contributed by atoms with Crippen LogP contribution in [0.15, 0.2) is 47.4 Å². The SMILES string of the molecule is Cc1cc(S(=O)(=O)NC2CC2)ccc1OCC(=O)NCc1ccccc1Cl. The standard InChI is InChI=1S/C19H21ClN2O4S/c1-13-10-16(27(24,25)22-15-6-7-15)8-9-18(13)26-12-19(23)21-11-14-4-2-3-5-17(14)20/h2-5,8-10,15,22H,6-7,11-12H2,1H3,(H,21,23). The first-order valence-electron chi connectivity index (χ1n) is 8.61. The highest BCUT2D eigenvalue weighted by Crippen LogP contribution is 2.25. The van der Waals surface area contributed by atoms with Gasteiger partial charge in [-0.25, -0.2) is 13.1 Å². The number of benzene rings is 2. The molecule has 27 heavy (non-hydrogen) atoms. The lowest BCUT2D eigenvalue weighted by Gasteiger charge is -2.12. The monoisotopic (exact) mass is 408 g/mol. The van der Waals surface area contributed by atoms with Crippen LogP contribution in [0.4, 0.5) is 0 Å². The molecule has 1 saturated carbocycles. The van der Waals surface area contributed by atoms with Gasteiger partial charge in [-0.1, -0.05) is 29.8 Å². The number of hydrogen-bond donors (Lipinski definition) is 2. The van der Waals surface area contributed by atoms with Gasteiger partial charge >= 0.3 is 0 Å². The highest BCUT2D eigenvalue weighted by Gasteiger charge is 2.28. The van der Waals surface area contributed by atoms with Gasteiger partial charge in [0.2, 0.25) is 10.0 Å². The molecule has 2 aromatic carbocycles. The Morgan fingerprint density at radius 3 is 2.63 bits per heavy atom. The van der Waals surface area contributed by atoms with Gasteiger partial charge in [-0.2, -0.15) is 0 Å². The molecule has 1 aliphatic carbocycles. The van der Waals surface area contributed by atoms with Crippen molar-refractivity contribution in [2.45, 2.75) is 37.2 Å². The summed E-state index contributed by atoms with van der Waals surface area (Å²) in [5, 5.41) is 3.33. The first-order chi connectivity index (χ1) is 12.8. The lowest BCUT2D eigenvalue weighted by molar-refractivity contribution is -0.123. The molecule has 3 rings (SSSR count). The smallest absolute Gasteiger partial charge is 0.258 e. The van der Waals surface area contributed by atoms with Crippen LogP contribution in [-0.4, -0.2) is 27.0 Å². The minimum absolute atomic E-state index is 0.0491. The Hall–Kier alpha value is -2.09. The fraction of sp³-hybridized carbons (Fsp3) is 0.316. The Morgan fingerprint density at radius 1 is 1.22 bits per heavy atom. The first-order valence-corrected chi connectivity index (χ1v) is 10.5. The number of aryl methyl sites for hydroxylation is 1. The predicted molar refractivity (Wildman–Crippen MR) is 103 cm³/mol. The van der Waals surface area contributed by atoms with E-state index in [-0.39, 0.29) is 23.5 Å². The summed E-state index contributed by atoms with van der Waals surface area (Å²) >= 11 is 6.05. The molecule has 0 atom stereocenters. The molecule has 1 amide bonds. The molecule has 0 unspecified atom stereocenters. The third-order valence-corrected chi connectivity index (χ3v) is 6.04. The van der Waals surface area contributed by atoms with E-state index in [0.29, 0.717) is 22.9 Å². The first kappa shape index (κ1) is 19.7. The summed E-state index contributed by atoms with van der Waals surface area (Å²) in [7, 11) is -3.51. The van der Waals surface area contributed by atoms with Crippen LogP contribution in [-0.2, 0) is 21.4 Å². The van der Waals surface area contributed by atoms with Crippen molar-refractivity contribution in [3.05, 3.63) is 58.6 Å². The molecule has 0 heterocycles. The zero-order valence-electron chi connectivity index (χ0n) is 14.9. The number of ether oxygens (including phenoxy) is 1. The number of amides is 1. The van der Waals surface area contributed by atoms with Gasteiger partial charge in [0, 0.05) is 17.6 Å². The molecule has 0 aliphatic heterocycles. The summed E-state index contributed by atoms with van der Waals surface area (Å²) in [5.74, 6) is 0.176. The van der Waals surface area contributed by atoms with Gasteiger partial charge < -0.3 is 10.1 Å². The quantitative estimate of drug-likeness (QED) is 0.703. The molecular formula is C19H21ClN2O4S. The number of carbonyl (C=O) groups is 1. The van der Waals surface area contributed by atoms with Gasteiger partial charge in [0.25, 0.3) is 5.91 Å². The number of halogens is 1. The van der Waals surface area contributed by atoms with Gasteiger partial charge in [-0.3, -0.25) is 4.79 Å². The Bertz CT molecular complexity index is 942. The van der Waals surface area contributed by atoms with Crippen LogP contribution in [0.3, 0.4) is 0 Å². The van der Waals surface area contributed by atoms with Crippen molar-refractivity contribution in [1.82, 2.24) is 10.0 Å². The molecule has 144 valence electrons. The van der Waals surface area contributed by atoms with Gasteiger partial charge in [-0.05, 0) is 55.2 Å². The zero-order chi connectivity index (χ0) is 19.4. The Labute approximate surface area is 163 Å². The molecule has 1 aliphatic rings. The Morgan fingerprint density at radius 2 is 1.96 bits per heavy atom. The lowest BCUT2D eigenvalue weighted by atomic mass is 10.2. The molecule has 0 spiro atoms. The summed E-state index contributed by atoms with van der Waals surface area (Å²) < 4.78 is 32.6. The summed E-state index contributed by atoms with van der Waals surface area (Å²) in [6.07, 6.45) is 1.76.